The summed E-state index contributed by atoms with van der Waals surface area (Å²) in [4.78, 5) is 9.07. The van der Waals surface area contributed by atoms with Crippen LogP contribution in [0.5, 0.6) is 0 Å². The molecule has 0 saturated heterocycles. The Balaban J connectivity index is 1.75. The molecule has 0 saturated carbocycles. The molecule has 4 aromatic heterocycles. The molecule has 0 amide bonds. The van der Waals surface area contributed by atoms with Crippen LogP contribution in [-0.2, 0) is 0 Å². The van der Waals surface area contributed by atoms with Gasteiger partial charge < -0.3 is 4.42 Å². The molecule has 0 bridgehead atoms. The summed E-state index contributed by atoms with van der Waals surface area (Å²) in [7, 11) is 0. The summed E-state index contributed by atoms with van der Waals surface area (Å²) in [6.45, 7) is 2.05. The number of aryl methyl sites for hydroxylation is 1. The number of fused-ring (bicyclic) bond motifs is 3. The van der Waals surface area contributed by atoms with Gasteiger partial charge in [0.25, 0.3) is 0 Å². The molecule has 0 aliphatic rings. The van der Waals surface area contributed by atoms with Crippen LogP contribution in [0.3, 0.4) is 0 Å². The molecule has 24 heavy (non-hydrogen) atoms. The Labute approximate surface area is 136 Å². The van der Waals surface area contributed by atoms with Crippen molar-refractivity contribution in [3.63, 3.8) is 0 Å². The van der Waals surface area contributed by atoms with Gasteiger partial charge in [0, 0.05) is 0 Å². The fraction of sp³-hybridized carbons (Fsp3) is 0.0588. The first kappa shape index (κ1) is 13.0. The molecule has 0 radical (unpaired) electrons. The lowest BCUT2D eigenvalue weighted by Crippen LogP contribution is -1.99. The summed E-state index contributed by atoms with van der Waals surface area (Å²) in [6.07, 6.45) is 5.01. The molecule has 0 atom stereocenters. The summed E-state index contributed by atoms with van der Waals surface area (Å²) >= 11 is 0. The van der Waals surface area contributed by atoms with E-state index >= 15 is 0 Å². The van der Waals surface area contributed by atoms with Gasteiger partial charge >= 0.3 is 0 Å². The van der Waals surface area contributed by atoms with Gasteiger partial charge in [0.2, 0.25) is 5.82 Å². The van der Waals surface area contributed by atoms with Crippen molar-refractivity contribution in [3.8, 4) is 17.3 Å². The minimum Gasteiger partial charge on any atom is -0.461 e. The molecule has 7 heteroatoms. The van der Waals surface area contributed by atoms with E-state index in [1.165, 1.54) is 5.56 Å². The Hall–Kier alpha value is -3.48. The summed E-state index contributed by atoms with van der Waals surface area (Å²) in [5.41, 5.74) is 3.57. The number of aromatic nitrogens is 6. The number of nitrogens with zero attached hydrogens (tertiary/aromatic N) is 6. The molecular formula is C17H12N6O. The topological polar surface area (TPSA) is 74.0 Å². The third-order valence-corrected chi connectivity index (χ3v) is 3.89. The van der Waals surface area contributed by atoms with Crippen molar-refractivity contribution >= 4 is 16.7 Å². The summed E-state index contributed by atoms with van der Waals surface area (Å²) in [6, 6.07) is 11.8. The zero-order valence-corrected chi connectivity index (χ0v) is 12.8. The maximum atomic E-state index is 5.37. The van der Waals surface area contributed by atoms with Crippen LogP contribution < -0.4 is 0 Å². The van der Waals surface area contributed by atoms with Crippen molar-refractivity contribution in [1.82, 2.24) is 29.4 Å². The van der Waals surface area contributed by atoms with E-state index in [9.17, 15) is 0 Å². The smallest absolute Gasteiger partial charge is 0.217 e. The molecular weight excluding hydrogens is 304 g/mol. The SMILES string of the molecule is Cc1cccc(-n2ncc3c2ncn2nc(-c4ccco4)nc32)c1. The van der Waals surface area contributed by atoms with Crippen LogP contribution in [0.4, 0.5) is 0 Å². The van der Waals surface area contributed by atoms with Gasteiger partial charge in [0.1, 0.15) is 6.33 Å². The Bertz CT molecular complexity index is 1170. The molecule has 5 aromatic rings. The van der Waals surface area contributed by atoms with Gasteiger partial charge in [0.05, 0.1) is 23.5 Å². The molecule has 0 aliphatic carbocycles. The van der Waals surface area contributed by atoms with Crippen LogP contribution in [-0.4, -0.2) is 29.4 Å². The third kappa shape index (κ3) is 1.84. The maximum Gasteiger partial charge on any atom is 0.217 e. The second-order valence-electron chi connectivity index (χ2n) is 5.56. The molecule has 0 aliphatic heterocycles. The number of furan rings is 1. The van der Waals surface area contributed by atoms with E-state index in [1.807, 2.05) is 28.9 Å². The molecule has 0 N–H and O–H groups in total. The lowest BCUT2D eigenvalue weighted by molar-refractivity contribution is 0.577. The molecule has 5 rings (SSSR count). The van der Waals surface area contributed by atoms with E-state index in [2.05, 4.69) is 39.2 Å². The minimum atomic E-state index is 0.526. The van der Waals surface area contributed by atoms with Crippen molar-refractivity contribution < 1.29 is 4.42 Å². The molecule has 0 fully saturated rings. The zero-order valence-electron chi connectivity index (χ0n) is 12.8. The monoisotopic (exact) mass is 316 g/mol. The molecule has 116 valence electrons. The predicted octanol–water partition coefficient (Wildman–Crippen LogP) is 3.03. The van der Waals surface area contributed by atoms with Gasteiger partial charge in [-0.1, -0.05) is 12.1 Å². The second-order valence-corrected chi connectivity index (χ2v) is 5.56. The van der Waals surface area contributed by atoms with E-state index in [0.29, 0.717) is 17.2 Å². The highest BCUT2D eigenvalue weighted by Crippen LogP contribution is 2.23. The Morgan fingerprint density at radius 1 is 1.08 bits per heavy atom. The first-order chi connectivity index (χ1) is 11.8. The number of rotatable bonds is 2. The van der Waals surface area contributed by atoms with Crippen LogP contribution in [0, 0.1) is 6.92 Å². The van der Waals surface area contributed by atoms with E-state index in [4.69, 9.17) is 4.42 Å². The average Bonchev–Trinajstić information content (AvgIpc) is 3.32. The lowest BCUT2D eigenvalue weighted by Gasteiger charge is -2.03. The van der Waals surface area contributed by atoms with Crippen LogP contribution in [0.1, 0.15) is 5.56 Å². The van der Waals surface area contributed by atoms with Gasteiger partial charge in [-0.05, 0) is 36.8 Å². The van der Waals surface area contributed by atoms with Crippen LogP contribution in [0.25, 0.3) is 34.0 Å². The maximum absolute atomic E-state index is 5.37. The van der Waals surface area contributed by atoms with Crippen LogP contribution in [0.2, 0.25) is 0 Å². The van der Waals surface area contributed by atoms with E-state index in [0.717, 1.165) is 16.7 Å². The standard InChI is InChI=1S/C17H12N6O/c1-11-4-2-5-12(8-11)23-16-13(9-19-23)17-20-15(14-6-3-7-24-14)21-22(17)10-18-16/h2-10H,1H3. The number of hydrogen-bond acceptors (Lipinski definition) is 5. The van der Waals surface area contributed by atoms with E-state index < -0.39 is 0 Å². The Morgan fingerprint density at radius 2 is 2.04 bits per heavy atom. The largest absolute Gasteiger partial charge is 0.461 e. The number of benzene rings is 1. The first-order valence-electron chi connectivity index (χ1n) is 7.50. The molecule has 1 aromatic carbocycles. The van der Waals surface area contributed by atoms with Crippen LogP contribution >= 0.6 is 0 Å². The molecule has 7 nitrogen and oxygen atoms in total. The fourth-order valence-corrected chi connectivity index (χ4v) is 2.78. The summed E-state index contributed by atoms with van der Waals surface area (Å²) in [5.74, 6) is 1.15. The second kappa shape index (κ2) is 4.76. The Kier molecular flexibility index (Phi) is 2.58. The molecule has 0 unspecified atom stereocenters. The predicted molar refractivity (Wildman–Crippen MR) is 87.8 cm³/mol. The quantitative estimate of drug-likeness (QED) is 0.500. The fourth-order valence-electron chi connectivity index (χ4n) is 2.78. The van der Waals surface area contributed by atoms with Gasteiger partial charge in [0.15, 0.2) is 17.1 Å². The number of hydrogen-bond donors (Lipinski definition) is 0. The summed E-state index contributed by atoms with van der Waals surface area (Å²) in [5, 5.41) is 9.73. The summed E-state index contributed by atoms with van der Waals surface area (Å²) < 4.78 is 8.82. The average molecular weight is 316 g/mol. The third-order valence-electron chi connectivity index (χ3n) is 3.89. The van der Waals surface area contributed by atoms with Gasteiger partial charge in [-0.25, -0.2) is 19.2 Å². The van der Waals surface area contributed by atoms with E-state index in [1.54, 1.807) is 23.3 Å². The molecule has 0 spiro atoms. The van der Waals surface area contributed by atoms with Crippen LogP contribution in [0.15, 0.2) is 59.6 Å². The zero-order chi connectivity index (χ0) is 16.1. The van der Waals surface area contributed by atoms with Crippen molar-refractivity contribution in [2.75, 3.05) is 0 Å². The Morgan fingerprint density at radius 3 is 2.88 bits per heavy atom. The van der Waals surface area contributed by atoms with Crippen molar-refractivity contribution in [1.29, 1.82) is 0 Å². The minimum absolute atomic E-state index is 0.526. The van der Waals surface area contributed by atoms with Gasteiger partial charge in [-0.2, -0.15) is 5.10 Å². The normalized spacial score (nSPS) is 11.5. The highest BCUT2D eigenvalue weighted by molar-refractivity contribution is 5.89. The lowest BCUT2D eigenvalue weighted by atomic mass is 10.2. The van der Waals surface area contributed by atoms with Crippen molar-refractivity contribution in [2.24, 2.45) is 0 Å². The van der Waals surface area contributed by atoms with Crippen molar-refractivity contribution in [2.45, 2.75) is 6.92 Å². The highest BCUT2D eigenvalue weighted by atomic mass is 16.3. The van der Waals surface area contributed by atoms with Crippen molar-refractivity contribution in [3.05, 3.63) is 60.7 Å². The first-order valence-corrected chi connectivity index (χ1v) is 7.50. The van der Waals surface area contributed by atoms with Gasteiger partial charge in [-0.3, -0.25) is 0 Å². The highest BCUT2D eigenvalue weighted by Gasteiger charge is 2.15. The van der Waals surface area contributed by atoms with E-state index in [-0.39, 0.29) is 0 Å². The molecule has 4 heterocycles. The van der Waals surface area contributed by atoms with Gasteiger partial charge in [-0.15, -0.1) is 5.10 Å².